The quantitative estimate of drug-likeness (QED) is 0.431. The Bertz CT molecular complexity index is 101. The summed E-state index contributed by atoms with van der Waals surface area (Å²) in [4.78, 5) is 4.69. The van der Waals surface area contributed by atoms with Crippen molar-refractivity contribution < 1.29 is 0 Å². The van der Waals surface area contributed by atoms with Gasteiger partial charge >= 0.3 is 56.0 Å². The molecule has 2 heteroatoms. The number of halogens is 1. The van der Waals surface area contributed by atoms with Gasteiger partial charge in [-0.05, 0) is 0 Å². The molecule has 0 fully saturated rings. The molecule has 0 bridgehead atoms. The van der Waals surface area contributed by atoms with Gasteiger partial charge in [-0.1, -0.05) is 0 Å². The molecule has 0 amide bonds. The summed E-state index contributed by atoms with van der Waals surface area (Å²) in [5.74, 6) is 0. The van der Waals surface area contributed by atoms with E-state index in [1.807, 2.05) is 0 Å². The summed E-state index contributed by atoms with van der Waals surface area (Å²) in [6.07, 6.45) is 1.21. The van der Waals surface area contributed by atoms with Crippen LogP contribution in [0.5, 0.6) is 0 Å². The SMILES string of the molecule is CCC=I(C)(C)NC. The third-order valence-electron chi connectivity index (χ3n) is 1.03. The first-order valence-electron chi connectivity index (χ1n) is 2.78. The average molecular weight is 229 g/mol. The first kappa shape index (κ1) is 8.56. The summed E-state index contributed by atoms with van der Waals surface area (Å²) in [5, 5.41) is 0. The van der Waals surface area contributed by atoms with E-state index < -0.39 is 18.2 Å². The van der Waals surface area contributed by atoms with Crippen LogP contribution in [0.15, 0.2) is 0 Å². The molecule has 0 aromatic carbocycles. The molecule has 0 aliphatic heterocycles. The number of hydrogen-bond donors (Lipinski definition) is 1. The molecular formula is C6H16IN. The molecular weight excluding hydrogens is 213 g/mol. The standard InChI is InChI=1S/C6H16IN/c1-5-6-7(2,3)8-4/h6,8H,5H2,1-4H3. The van der Waals surface area contributed by atoms with E-state index >= 15 is 0 Å². The van der Waals surface area contributed by atoms with Crippen LogP contribution in [0.3, 0.4) is 0 Å². The van der Waals surface area contributed by atoms with Crippen LogP contribution in [-0.2, 0) is 0 Å². The zero-order chi connectivity index (χ0) is 6.62. The van der Waals surface area contributed by atoms with Gasteiger partial charge in [0.25, 0.3) is 0 Å². The van der Waals surface area contributed by atoms with Crippen LogP contribution in [-0.4, -0.2) is 20.9 Å². The van der Waals surface area contributed by atoms with Crippen molar-refractivity contribution >= 4 is 22.2 Å². The predicted molar refractivity (Wildman–Crippen MR) is 51.3 cm³/mol. The number of alkyl halides is 2. The normalized spacial score (nSPS) is 13.5. The molecule has 0 saturated carbocycles. The zero-order valence-electron chi connectivity index (χ0n) is 6.16. The van der Waals surface area contributed by atoms with Gasteiger partial charge in [-0.15, -0.1) is 0 Å². The Kier molecular flexibility index (Phi) is 3.81. The van der Waals surface area contributed by atoms with Gasteiger partial charge < -0.3 is 0 Å². The minimum absolute atomic E-state index is 1.21. The number of rotatable bonds is 2. The van der Waals surface area contributed by atoms with E-state index in [-0.39, 0.29) is 0 Å². The molecule has 8 heavy (non-hydrogen) atoms. The average Bonchev–Trinajstić information content (AvgIpc) is 1.67. The Balaban J connectivity index is 3.88. The maximum absolute atomic E-state index is 3.37. The Labute approximate surface area is 56.2 Å². The molecule has 0 atom stereocenters. The number of hydrogen-bond acceptors (Lipinski definition) is 1. The van der Waals surface area contributed by atoms with E-state index in [4.69, 9.17) is 0 Å². The summed E-state index contributed by atoms with van der Waals surface area (Å²) < 4.78 is 5.80. The molecule has 1 nitrogen and oxygen atoms in total. The predicted octanol–water partition coefficient (Wildman–Crippen LogP) is 1.63. The van der Waals surface area contributed by atoms with Crippen LogP contribution >= 0.6 is 18.2 Å². The van der Waals surface area contributed by atoms with E-state index in [0.717, 1.165) is 0 Å². The summed E-state index contributed by atoms with van der Waals surface area (Å²) in [6, 6.07) is 0. The molecule has 0 aromatic rings. The van der Waals surface area contributed by atoms with Crippen molar-refractivity contribution in [3.8, 4) is 0 Å². The topological polar surface area (TPSA) is 12.0 Å². The summed E-state index contributed by atoms with van der Waals surface area (Å²) >= 11 is -1.43. The molecule has 0 aliphatic carbocycles. The van der Waals surface area contributed by atoms with Crippen LogP contribution in [0, 0.1) is 0 Å². The molecule has 0 rings (SSSR count). The zero-order valence-corrected chi connectivity index (χ0v) is 8.32. The Hall–Kier alpha value is 0.560. The maximum atomic E-state index is 3.37. The van der Waals surface area contributed by atoms with E-state index in [1.165, 1.54) is 6.42 Å². The summed E-state index contributed by atoms with van der Waals surface area (Å²) in [5.41, 5.74) is 0. The first-order chi connectivity index (χ1) is 3.62. The second-order valence-corrected chi connectivity index (χ2v) is 11.4. The van der Waals surface area contributed by atoms with Gasteiger partial charge in [-0.25, -0.2) is 0 Å². The van der Waals surface area contributed by atoms with Crippen molar-refractivity contribution in [2.24, 2.45) is 0 Å². The van der Waals surface area contributed by atoms with Gasteiger partial charge in [0.15, 0.2) is 0 Å². The van der Waals surface area contributed by atoms with E-state index in [1.54, 1.807) is 0 Å². The molecule has 0 unspecified atom stereocenters. The second-order valence-electron chi connectivity index (χ2n) is 2.05. The fourth-order valence-electron chi connectivity index (χ4n) is 0.463. The van der Waals surface area contributed by atoms with E-state index in [0.29, 0.717) is 0 Å². The molecule has 0 heterocycles. The molecule has 0 radical (unpaired) electrons. The van der Waals surface area contributed by atoms with Crippen molar-refractivity contribution in [2.45, 2.75) is 13.3 Å². The third-order valence-corrected chi connectivity index (χ3v) is 6.89. The summed E-state index contributed by atoms with van der Waals surface area (Å²) in [6.45, 7) is 2.20. The van der Waals surface area contributed by atoms with Crippen molar-refractivity contribution in [1.29, 1.82) is 0 Å². The van der Waals surface area contributed by atoms with Crippen molar-refractivity contribution in [3.63, 3.8) is 0 Å². The van der Waals surface area contributed by atoms with Crippen molar-refractivity contribution in [3.05, 3.63) is 0 Å². The molecule has 1 N–H and O–H groups in total. The Morgan fingerprint density at radius 2 is 2.00 bits per heavy atom. The molecule has 52 valence electrons. The van der Waals surface area contributed by atoms with Gasteiger partial charge in [0.05, 0.1) is 0 Å². The molecule has 0 spiro atoms. The van der Waals surface area contributed by atoms with Gasteiger partial charge in [0.1, 0.15) is 0 Å². The monoisotopic (exact) mass is 229 g/mol. The second kappa shape index (κ2) is 3.56. The van der Waals surface area contributed by atoms with Gasteiger partial charge in [0.2, 0.25) is 0 Å². The van der Waals surface area contributed by atoms with Gasteiger partial charge in [-0.3, -0.25) is 0 Å². The van der Waals surface area contributed by atoms with Crippen molar-refractivity contribution in [1.82, 2.24) is 3.53 Å². The Morgan fingerprint density at radius 3 is 2.12 bits per heavy atom. The summed E-state index contributed by atoms with van der Waals surface area (Å²) in [7, 11) is 2.06. The third kappa shape index (κ3) is 3.55. The molecule has 0 aliphatic rings. The van der Waals surface area contributed by atoms with Crippen LogP contribution in [0.2, 0.25) is 0 Å². The van der Waals surface area contributed by atoms with Crippen LogP contribution in [0.25, 0.3) is 0 Å². The Morgan fingerprint density at radius 1 is 1.50 bits per heavy atom. The molecule has 0 aromatic heterocycles. The van der Waals surface area contributed by atoms with Crippen LogP contribution < -0.4 is 3.53 Å². The molecule has 0 saturated heterocycles. The number of nitrogens with one attached hydrogen (secondary N) is 1. The van der Waals surface area contributed by atoms with Gasteiger partial charge in [0, 0.05) is 0 Å². The van der Waals surface area contributed by atoms with Gasteiger partial charge in [-0.2, -0.15) is 0 Å². The van der Waals surface area contributed by atoms with E-state index in [9.17, 15) is 0 Å². The van der Waals surface area contributed by atoms with E-state index in [2.05, 4.69) is 31.4 Å². The minimum atomic E-state index is -1.43. The first-order valence-corrected chi connectivity index (χ1v) is 9.42. The van der Waals surface area contributed by atoms with Crippen LogP contribution in [0.4, 0.5) is 0 Å². The fraction of sp³-hybridized carbons (Fsp3) is 0.833. The fourth-order valence-corrected chi connectivity index (χ4v) is 3.11. The van der Waals surface area contributed by atoms with Crippen molar-refractivity contribution in [2.75, 3.05) is 16.9 Å². The van der Waals surface area contributed by atoms with Crippen LogP contribution in [0.1, 0.15) is 13.3 Å².